The summed E-state index contributed by atoms with van der Waals surface area (Å²) in [5, 5.41) is 3.40. The molecule has 22 heavy (non-hydrogen) atoms. The Labute approximate surface area is 137 Å². The SMILES string of the molecule is c1cc(N2CC(C3CCCC3)CS2)ncc1N1CCNCC1. The van der Waals surface area contributed by atoms with Crippen LogP contribution in [0.25, 0.3) is 0 Å². The van der Waals surface area contributed by atoms with Gasteiger partial charge in [-0.25, -0.2) is 4.98 Å². The van der Waals surface area contributed by atoms with E-state index in [0.29, 0.717) is 0 Å². The molecule has 2 aliphatic heterocycles. The minimum Gasteiger partial charge on any atom is -0.368 e. The van der Waals surface area contributed by atoms with Crippen molar-refractivity contribution >= 4 is 23.5 Å². The highest BCUT2D eigenvalue weighted by Gasteiger charge is 2.32. The van der Waals surface area contributed by atoms with Gasteiger partial charge in [-0.3, -0.25) is 0 Å². The highest BCUT2D eigenvalue weighted by molar-refractivity contribution is 8.00. The second kappa shape index (κ2) is 6.67. The van der Waals surface area contributed by atoms with Crippen molar-refractivity contribution < 1.29 is 0 Å². The largest absolute Gasteiger partial charge is 0.368 e. The second-order valence-electron chi connectivity index (χ2n) is 6.77. The van der Waals surface area contributed by atoms with Crippen molar-refractivity contribution in [3.8, 4) is 0 Å². The van der Waals surface area contributed by atoms with E-state index in [9.17, 15) is 0 Å². The highest BCUT2D eigenvalue weighted by Crippen LogP contribution is 2.40. The lowest BCUT2D eigenvalue weighted by Gasteiger charge is -2.29. The van der Waals surface area contributed by atoms with Crippen LogP contribution in [0.3, 0.4) is 0 Å². The van der Waals surface area contributed by atoms with Crippen molar-refractivity contribution in [3.05, 3.63) is 18.3 Å². The third-order valence-electron chi connectivity index (χ3n) is 5.38. The van der Waals surface area contributed by atoms with Gasteiger partial charge in [-0.2, -0.15) is 0 Å². The molecule has 0 amide bonds. The van der Waals surface area contributed by atoms with Crippen molar-refractivity contribution in [2.24, 2.45) is 11.8 Å². The maximum absolute atomic E-state index is 4.74. The summed E-state index contributed by atoms with van der Waals surface area (Å²) in [5.41, 5.74) is 1.27. The molecule has 1 saturated carbocycles. The van der Waals surface area contributed by atoms with Gasteiger partial charge in [0.15, 0.2) is 0 Å². The lowest BCUT2D eigenvalue weighted by molar-refractivity contribution is 0.393. The molecule has 3 aliphatic rings. The molecule has 1 atom stereocenters. The first-order valence-corrected chi connectivity index (χ1v) is 9.66. The summed E-state index contributed by atoms with van der Waals surface area (Å²) in [6.45, 7) is 5.52. The number of aromatic nitrogens is 1. The van der Waals surface area contributed by atoms with Gasteiger partial charge in [0.2, 0.25) is 0 Å². The number of pyridine rings is 1. The van der Waals surface area contributed by atoms with Crippen LogP contribution in [-0.2, 0) is 0 Å². The average molecular weight is 318 g/mol. The number of anilines is 2. The summed E-state index contributed by atoms with van der Waals surface area (Å²) in [6.07, 6.45) is 7.86. The summed E-state index contributed by atoms with van der Waals surface area (Å²) < 4.78 is 2.42. The molecule has 0 bridgehead atoms. The number of hydrogen-bond acceptors (Lipinski definition) is 5. The topological polar surface area (TPSA) is 31.4 Å². The fourth-order valence-corrected chi connectivity index (χ4v) is 5.30. The lowest BCUT2D eigenvalue weighted by Crippen LogP contribution is -2.43. The van der Waals surface area contributed by atoms with E-state index in [1.165, 1.54) is 43.7 Å². The van der Waals surface area contributed by atoms with Crippen LogP contribution < -0.4 is 14.5 Å². The van der Waals surface area contributed by atoms with E-state index in [1.807, 2.05) is 11.9 Å². The minimum atomic E-state index is 0.877. The van der Waals surface area contributed by atoms with Crippen molar-refractivity contribution in [1.82, 2.24) is 10.3 Å². The van der Waals surface area contributed by atoms with Crippen LogP contribution in [-0.4, -0.2) is 43.5 Å². The van der Waals surface area contributed by atoms with Crippen LogP contribution in [0.1, 0.15) is 25.7 Å². The van der Waals surface area contributed by atoms with Gasteiger partial charge in [-0.05, 0) is 35.9 Å². The lowest BCUT2D eigenvalue weighted by atomic mass is 9.92. The summed E-state index contributed by atoms with van der Waals surface area (Å²) in [7, 11) is 0. The third-order valence-corrected chi connectivity index (χ3v) is 6.61. The van der Waals surface area contributed by atoms with Crippen LogP contribution in [0.4, 0.5) is 11.5 Å². The summed E-state index contributed by atoms with van der Waals surface area (Å²) >= 11 is 1.98. The average Bonchev–Trinajstić information content (AvgIpc) is 3.27. The fourth-order valence-electron chi connectivity index (χ4n) is 4.01. The Bertz CT molecular complexity index is 480. The third kappa shape index (κ3) is 3.06. The first kappa shape index (κ1) is 14.6. The van der Waals surface area contributed by atoms with Crippen LogP contribution in [0, 0.1) is 11.8 Å². The van der Waals surface area contributed by atoms with E-state index in [4.69, 9.17) is 4.98 Å². The van der Waals surface area contributed by atoms with Crippen molar-refractivity contribution in [1.29, 1.82) is 0 Å². The molecule has 120 valence electrons. The van der Waals surface area contributed by atoms with Gasteiger partial charge in [-0.15, -0.1) is 0 Å². The molecule has 3 heterocycles. The predicted octanol–water partition coefficient (Wildman–Crippen LogP) is 2.77. The van der Waals surface area contributed by atoms with Crippen LogP contribution in [0.5, 0.6) is 0 Å². The van der Waals surface area contributed by atoms with E-state index < -0.39 is 0 Å². The molecule has 4 rings (SSSR count). The Morgan fingerprint density at radius 3 is 2.64 bits per heavy atom. The second-order valence-corrected chi connectivity index (χ2v) is 7.81. The maximum Gasteiger partial charge on any atom is 0.138 e. The van der Waals surface area contributed by atoms with Crippen LogP contribution >= 0.6 is 11.9 Å². The Morgan fingerprint density at radius 1 is 1.09 bits per heavy atom. The molecule has 2 saturated heterocycles. The monoisotopic (exact) mass is 318 g/mol. The zero-order chi connectivity index (χ0) is 14.8. The number of nitrogens with zero attached hydrogens (tertiary/aromatic N) is 3. The number of rotatable bonds is 3. The van der Waals surface area contributed by atoms with Crippen LogP contribution in [0.2, 0.25) is 0 Å². The van der Waals surface area contributed by atoms with Gasteiger partial charge in [0, 0.05) is 38.5 Å². The van der Waals surface area contributed by atoms with Gasteiger partial charge in [0.1, 0.15) is 5.82 Å². The maximum atomic E-state index is 4.74. The standard InChI is InChI=1S/C17H26N4S/c1-2-4-14(3-1)15-12-21(22-13-15)17-6-5-16(11-19-17)20-9-7-18-8-10-20/h5-6,11,14-15,18H,1-4,7-10,12-13H2. The molecule has 0 spiro atoms. The van der Waals surface area contributed by atoms with Crippen molar-refractivity contribution in [3.63, 3.8) is 0 Å². The molecule has 0 radical (unpaired) electrons. The Kier molecular flexibility index (Phi) is 4.44. The molecule has 1 aromatic rings. The van der Waals surface area contributed by atoms with Crippen LogP contribution in [0.15, 0.2) is 18.3 Å². The molecule has 1 unspecified atom stereocenters. The Morgan fingerprint density at radius 2 is 1.91 bits per heavy atom. The summed E-state index contributed by atoms with van der Waals surface area (Å²) in [5.74, 6) is 4.27. The van der Waals surface area contributed by atoms with Crippen molar-refractivity contribution in [2.45, 2.75) is 25.7 Å². The highest BCUT2D eigenvalue weighted by atomic mass is 32.2. The molecule has 1 N–H and O–H groups in total. The van der Waals surface area contributed by atoms with E-state index in [2.05, 4.69) is 32.9 Å². The van der Waals surface area contributed by atoms with Gasteiger partial charge in [-0.1, -0.05) is 25.7 Å². The van der Waals surface area contributed by atoms with Gasteiger partial charge in [0.05, 0.1) is 11.9 Å². The zero-order valence-corrected chi connectivity index (χ0v) is 14.0. The number of nitrogens with one attached hydrogen (secondary N) is 1. The first-order valence-electron chi connectivity index (χ1n) is 8.72. The van der Waals surface area contributed by atoms with E-state index >= 15 is 0 Å². The quantitative estimate of drug-likeness (QED) is 0.866. The minimum absolute atomic E-state index is 0.877. The summed E-state index contributed by atoms with van der Waals surface area (Å²) in [4.78, 5) is 7.16. The van der Waals surface area contributed by atoms with Gasteiger partial charge < -0.3 is 14.5 Å². The summed E-state index contributed by atoms with van der Waals surface area (Å²) in [6, 6.07) is 4.46. The normalized spacial score (nSPS) is 26.8. The molecule has 1 aliphatic carbocycles. The number of piperazine rings is 1. The fraction of sp³-hybridized carbons (Fsp3) is 0.706. The molecule has 4 nitrogen and oxygen atoms in total. The number of hydrogen-bond donors (Lipinski definition) is 1. The molecular weight excluding hydrogens is 292 g/mol. The van der Waals surface area contributed by atoms with Gasteiger partial charge in [0.25, 0.3) is 0 Å². The zero-order valence-electron chi connectivity index (χ0n) is 13.2. The predicted molar refractivity (Wildman–Crippen MR) is 94.6 cm³/mol. The molecular formula is C17H26N4S. The Hall–Kier alpha value is -0.940. The molecule has 0 aromatic carbocycles. The first-order chi connectivity index (χ1) is 10.9. The van der Waals surface area contributed by atoms with E-state index in [0.717, 1.165) is 43.8 Å². The van der Waals surface area contributed by atoms with Crippen molar-refractivity contribution in [2.75, 3.05) is 47.7 Å². The van der Waals surface area contributed by atoms with E-state index in [1.54, 1.807) is 0 Å². The smallest absolute Gasteiger partial charge is 0.138 e. The van der Waals surface area contributed by atoms with E-state index in [-0.39, 0.29) is 0 Å². The molecule has 3 fully saturated rings. The Balaban J connectivity index is 1.38. The molecule has 5 heteroatoms. The molecule has 1 aromatic heterocycles. The van der Waals surface area contributed by atoms with Gasteiger partial charge >= 0.3 is 0 Å².